The van der Waals surface area contributed by atoms with Crippen LogP contribution in [0.3, 0.4) is 0 Å². The Bertz CT molecular complexity index is 557. The number of carbonyl (C=O) groups is 1. The van der Waals surface area contributed by atoms with Crippen molar-refractivity contribution in [2.75, 3.05) is 17.3 Å². The molecule has 0 fully saturated rings. The Morgan fingerprint density at radius 3 is 2.61 bits per heavy atom. The van der Waals surface area contributed by atoms with E-state index in [4.69, 9.17) is 5.73 Å². The molecule has 0 radical (unpaired) electrons. The van der Waals surface area contributed by atoms with E-state index in [0.717, 1.165) is 12.3 Å². The highest BCUT2D eigenvalue weighted by atomic mass is 32.2. The summed E-state index contributed by atoms with van der Waals surface area (Å²) in [5.41, 5.74) is 5.23. The van der Waals surface area contributed by atoms with Gasteiger partial charge >= 0.3 is 0 Å². The predicted molar refractivity (Wildman–Crippen MR) is 67.7 cm³/mol. The number of sulfone groups is 1. The maximum Gasteiger partial charge on any atom is 0.251 e. The van der Waals surface area contributed by atoms with Crippen LogP contribution in [0.2, 0.25) is 0 Å². The second kappa shape index (κ2) is 5.34. The molecule has 0 saturated carbocycles. The summed E-state index contributed by atoms with van der Waals surface area (Å²) < 4.78 is 35.4. The first-order valence-corrected chi connectivity index (χ1v) is 7.28. The Balaban J connectivity index is 2.86. The minimum absolute atomic E-state index is 0.0592. The molecule has 0 aromatic heterocycles. The number of hydrogen-bond donors (Lipinski definition) is 2. The third-order valence-corrected chi connectivity index (χ3v) is 3.30. The number of primary amides is 1. The number of carbonyl (C=O) groups excluding carboxylic acids is 1. The molecule has 1 atom stereocenters. The van der Waals surface area contributed by atoms with E-state index >= 15 is 0 Å². The third kappa shape index (κ3) is 4.33. The summed E-state index contributed by atoms with van der Waals surface area (Å²) in [6.07, 6.45) is 1.13. The van der Waals surface area contributed by atoms with Gasteiger partial charge in [0.25, 0.3) is 5.91 Å². The molecule has 0 heterocycles. The average Bonchev–Trinajstić information content (AvgIpc) is 2.17. The molecule has 0 bridgehead atoms. The van der Waals surface area contributed by atoms with E-state index < -0.39 is 21.6 Å². The monoisotopic (exact) mass is 274 g/mol. The van der Waals surface area contributed by atoms with Gasteiger partial charge in [0.1, 0.15) is 15.7 Å². The van der Waals surface area contributed by atoms with Crippen molar-refractivity contribution in [1.29, 1.82) is 0 Å². The summed E-state index contributed by atoms with van der Waals surface area (Å²) >= 11 is 0. The molecule has 0 aliphatic rings. The highest BCUT2D eigenvalue weighted by Crippen LogP contribution is 2.15. The smallest absolute Gasteiger partial charge is 0.251 e. The molecular formula is C11H15FN2O3S. The SMILES string of the molecule is CC(CS(C)(=O)=O)Nc1ccc(F)c(C(N)=O)c1. The average molecular weight is 274 g/mol. The van der Waals surface area contributed by atoms with Gasteiger partial charge in [-0.2, -0.15) is 0 Å². The number of nitrogens with two attached hydrogens (primary N) is 1. The van der Waals surface area contributed by atoms with E-state index in [9.17, 15) is 17.6 Å². The van der Waals surface area contributed by atoms with E-state index in [2.05, 4.69) is 5.32 Å². The molecular weight excluding hydrogens is 259 g/mol. The lowest BCUT2D eigenvalue weighted by Gasteiger charge is -2.14. The fourth-order valence-electron chi connectivity index (χ4n) is 1.58. The van der Waals surface area contributed by atoms with Crippen LogP contribution in [0, 0.1) is 5.82 Å². The second-order valence-electron chi connectivity index (χ2n) is 4.20. The number of nitrogens with one attached hydrogen (secondary N) is 1. The Kier molecular flexibility index (Phi) is 4.28. The Labute approximate surface area is 105 Å². The van der Waals surface area contributed by atoms with Crippen molar-refractivity contribution in [1.82, 2.24) is 0 Å². The molecule has 1 amide bonds. The van der Waals surface area contributed by atoms with E-state index in [-0.39, 0.29) is 17.4 Å². The van der Waals surface area contributed by atoms with Crippen LogP contribution in [0.5, 0.6) is 0 Å². The minimum atomic E-state index is -3.11. The summed E-state index contributed by atoms with van der Waals surface area (Å²) in [4.78, 5) is 10.9. The van der Waals surface area contributed by atoms with E-state index in [0.29, 0.717) is 5.69 Å². The molecule has 5 nitrogen and oxygen atoms in total. The third-order valence-electron chi connectivity index (χ3n) is 2.20. The molecule has 100 valence electrons. The van der Waals surface area contributed by atoms with E-state index in [1.54, 1.807) is 6.92 Å². The summed E-state index contributed by atoms with van der Waals surface area (Å²) in [6.45, 7) is 1.67. The van der Waals surface area contributed by atoms with Gasteiger partial charge in [0.2, 0.25) is 0 Å². The first-order valence-electron chi connectivity index (χ1n) is 5.22. The van der Waals surface area contributed by atoms with Crippen LogP contribution in [0.4, 0.5) is 10.1 Å². The highest BCUT2D eigenvalue weighted by Gasteiger charge is 2.13. The van der Waals surface area contributed by atoms with Gasteiger partial charge in [0, 0.05) is 18.0 Å². The first-order chi connectivity index (χ1) is 8.19. The standard InChI is InChI=1S/C11H15FN2O3S/c1-7(6-18(2,16)17)14-8-3-4-10(12)9(5-8)11(13)15/h3-5,7,14H,6H2,1-2H3,(H2,13,15). The number of hydrogen-bond acceptors (Lipinski definition) is 4. The number of amides is 1. The van der Waals surface area contributed by atoms with Gasteiger partial charge in [-0.3, -0.25) is 4.79 Å². The van der Waals surface area contributed by atoms with Gasteiger partial charge in [-0.15, -0.1) is 0 Å². The molecule has 1 aromatic rings. The number of anilines is 1. The fourth-order valence-corrected chi connectivity index (χ4v) is 2.58. The van der Waals surface area contributed by atoms with Crippen LogP contribution in [-0.4, -0.2) is 32.4 Å². The lowest BCUT2D eigenvalue weighted by molar-refractivity contribution is 0.0996. The van der Waals surface area contributed by atoms with Crippen molar-refractivity contribution in [3.63, 3.8) is 0 Å². The Hall–Kier alpha value is -1.63. The van der Waals surface area contributed by atoms with Crippen molar-refractivity contribution < 1.29 is 17.6 Å². The summed E-state index contributed by atoms with van der Waals surface area (Å²) in [5, 5.41) is 2.87. The lowest BCUT2D eigenvalue weighted by Crippen LogP contribution is -2.25. The van der Waals surface area contributed by atoms with Gasteiger partial charge in [0.15, 0.2) is 0 Å². The van der Waals surface area contributed by atoms with Gasteiger partial charge in [0.05, 0.1) is 11.3 Å². The van der Waals surface area contributed by atoms with Crippen LogP contribution in [0.15, 0.2) is 18.2 Å². The number of halogens is 1. The molecule has 1 rings (SSSR count). The maximum atomic E-state index is 13.2. The van der Waals surface area contributed by atoms with Gasteiger partial charge in [-0.25, -0.2) is 12.8 Å². The van der Waals surface area contributed by atoms with Crippen LogP contribution in [-0.2, 0) is 9.84 Å². The van der Waals surface area contributed by atoms with Gasteiger partial charge in [-0.1, -0.05) is 0 Å². The minimum Gasteiger partial charge on any atom is -0.382 e. The molecule has 18 heavy (non-hydrogen) atoms. The van der Waals surface area contributed by atoms with Gasteiger partial charge in [-0.05, 0) is 25.1 Å². The van der Waals surface area contributed by atoms with Crippen LogP contribution < -0.4 is 11.1 Å². The number of rotatable bonds is 5. The molecule has 0 aliphatic heterocycles. The molecule has 7 heteroatoms. The van der Waals surface area contributed by atoms with Crippen molar-refractivity contribution in [3.05, 3.63) is 29.6 Å². The molecule has 1 aromatic carbocycles. The molecule has 3 N–H and O–H groups in total. The normalized spacial score (nSPS) is 13.1. The van der Waals surface area contributed by atoms with Crippen molar-refractivity contribution in [3.8, 4) is 0 Å². The van der Waals surface area contributed by atoms with Crippen molar-refractivity contribution in [2.45, 2.75) is 13.0 Å². The quantitative estimate of drug-likeness (QED) is 0.830. The predicted octanol–water partition coefficient (Wildman–Crippen LogP) is 0.770. The van der Waals surface area contributed by atoms with Crippen LogP contribution in [0.25, 0.3) is 0 Å². The topological polar surface area (TPSA) is 89.3 Å². The summed E-state index contributed by atoms with van der Waals surface area (Å²) in [6, 6.07) is 3.43. The van der Waals surface area contributed by atoms with Crippen LogP contribution >= 0.6 is 0 Å². The summed E-state index contributed by atoms with van der Waals surface area (Å²) in [7, 11) is -3.11. The zero-order valence-electron chi connectivity index (χ0n) is 10.1. The Morgan fingerprint density at radius 2 is 2.11 bits per heavy atom. The Morgan fingerprint density at radius 1 is 1.50 bits per heavy atom. The summed E-state index contributed by atoms with van der Waals surface area (Å²) in [5.74, 6) is -1.63. The van der Waals surface area contributed by atoms with Crippen molar-refractivity contribution in [2.24, 2.45) is 5.73 Å². The maximum absolute atomic E-state index is 13.2. The van der Waals surface area contributed by atoms with E-state index in [1.807, 2.05) is 0 Å². The second-order valence-corrected chi connectivity index (χ2v) is 6.38. The van der Waals surface area contributed by atoms with Gasteiger partial charge < -0.3 is 11.1 Å². The molecule has 0 spiro atoms. The molecule has 1 unspecified atom stereocenters. The lowest BCUT2D eigenvalue weighted by atomic mass is 10.1. The first kappa shape index (κ1) is 14.4. The largest absolute Gasteiger partial charge is 0.382 e. The fraction of sp³-hybridized carbons (Fsp3) is 0.364. The highest BCUT2D eigenvalue weighted by molar-refractivity contribution is 7.90. The number of benzene rings is 1. The zero-order valence-corrected chi connectivity index (χ0v) is 10.9. The molecule has 0 saturated heterocycles. The van der Waals surface area contributed by atoms with Crippen molar-refractivity contribution >= 4 is 21.4 Å². The molecule has 0 aliphatic carbocycles. The zero-order chi connectivity index (χ0) is 13.9. The van der Waals surface area contributed by atoms with Crippen LogP contribution in [0.1, 0.15) is 17.3 Å². The van der Waals surface area contributed by atoms with E-state index in [1.165, 1.54) is 12.1 Å².